The molecule has 1 aliphatic rings. The van der Waals surface area contributed by atoms with Gasteiger partial charge in [-0.25, -0.2) is 4.79 Å². The molecule has 0 unspecified atom stereocenters. The molecule has 17 N–H and O–H groups in total. The molecule has 83 heavy (non-hydrogen) atoms. The van der Waals surface area contributed by atoms with Crippen LogP contribution in [-0.2, 0) is 70.4 Å². The average molecular weight is 1170 g/mol. The zero-order chi connectivity index (χ0) is 62.2. The number of rotatable bonds is 34. The van der Waals surface area contributed by atoms with Crippen molar-refractivity contribution in [2.75, 3.05) is 13.2 Å². The third-order valence-corrected chi connectivity index (χ3v) is 14.0. The van der Waals surface area contributed by atoms with E-state index in [2.05, 4.69) is 42.5 Å². The van der Waals surface area contributed by atoms with Crippen LogP contribution in [0.25, 0.3) is 0 Å². The predicted octanol–water partition coefficient (Wildman–Crippen LogP) is -2.98. The molecule has 1 fully saturated rings. The lowest BCUT2D eigenvalue weighted by molar-refractivity contribution is -0.143. The van der Waals surface area contributed by atoms with Crippen LogP contribution in [0.15, 0.2) is 60.7 Å². The summed E-state index contributed by atoms with van der Waals surface area (Å²) in [6.45, 7) is 10.4. The van der Waals surface area contributed by atoms with Crippen LogP contribution >= 0.6 is 0 Å². The Bertz CT molecular complexity index is 2570. The summed E-state index contributed by atoms with van der Waals surface area (Å²) in [5.41, 5.74) is 18.1. The molecule has 1 heterocycles. The predicted molar refractivity (Wildman–Crippen MR) is 301 cm³/mol. The van der Waals surface area contributed by atoms with Crippen LogP contribution in [0.1, 0.15) is 105 Å². The fraction of sp³-hybridized carbons (Fsp3) is 0.571. The lowest BCUT2D eigenvalue weighted by atomic mass is 9.96. The van der Waals surface area contributed by atoms with Crippen molar-refractivity contribution in [3.05, 3.63) is 71.8 Å². The van der Waals surface area contributed by atoms with E-state index in [0.717, 1.165) is 0 Å². The molecule has 3 rings (SSSR count). The third kappa shape index (κ3) is 22.3. The van der Waals surface area contributed by atoms with Crippen LogP contribution in [0, 0.1) is 17.8 Å². The molecule has 2 aromatic carbocycles. The van der Waals surface area contributed by atoms with Crippen LogP contribution in [-0.4, -0.2) is 171 Å². The smallest absolute Gasteiger partial charge is 0.326 e. The van der Waals surface area contributed by atoms with Crippen LogP contribution in [0.4, 0.5) is 0 Å². The first kappa shape index (κ1) is 69.2. The number of nitrogens with two attached hydrogens (primary N) is 3. The van der Waals surface area contributed by atoms with Gasteiger partial charge in [-0.05, 0) is 61.5 Å². The number of primary amides is 2. The zero-order valence-corrected chi connectivity index (χ0v) is 48.1. The van der Waals surface area contributed by atoms with Gasteiger partial charge in [0, 0.05) is 25.8 Å². The molecular weight excluding hydrogens is 1080 g/mol. The van der Waals surface area contributed by atoms with Gasteiger partial charge in [0.15, 0.2) is 0 Å². The average Bonchev–Trinajstić information content (AvgIpc) is 4.14. The van der Waals surface area contributed by atoms with Gasteiger partial charge in [0.1, 0.15) is 54.4 Å². The first-order chi connectivity index (χ1) is 39.1. The summed E-state index contributed by atoms with van der Waals surface area (Å²) in [6.07, 6.45) is -2.89. The van der Waals surface area contributed by atoms with Crippen LogP contribution in [0.2, 0.25) is 0 Å². The number of amides is 11. The first-order valence-electron chi connectivity index (χ1n) is 27.7. The highest BCUT2D eigenvalue weighted by molar-refractivity contribution is 6.00. The summed E-state index contributed by atoms with van der Waals surface area (Å²) < 4.78 is 0. The summed E-state index contributed by atoms with van der Waals surface area (Å²) in [4.78, 5) is 163. The standard InChI is InChI=1S/C56H84N12O15/c1-8-31(6)45(53(79)67-46(32(7)70)54(80)64-39(56(82)83)24-29(2)3)66-47(73)35(21-22-42(57)71)60-51(77)41-20-15-23-68(41)55(81)38(26-34-18-13-10-14-19-34)63-49(75)37(27-43(58)72)62-48(74)36(25-33-16-11-9-12-17-33)61-50(76)40(28-69)65-52(78)44(59)30(4)5/h9-14,16-19,29-32,35-41,44-46,69-70H,8,15,20-28,59H2,1-7H3,(H2,57,71)(H2,58,72)(H,60,77)(H,61,76)(H,62,74)(H,63,75)(H,64,80)(H,65,78)(H,66,73)(H,67,79)(H,82,83)/t31-,32+,35-,36-,37-,38-,39-,40-,41-,44-,45-,46-/m0/s1. The Morgan fingerprint density at radius 2 is 1.07 bits per heavy atom. The molecule has 27 heteroatoms. The van der Waals surface area contributed by atoms with E-state index in [9.17, 15) is 72.9 Å². The molecule has 2 aromatic rings. The highest BCUT2D eigenvalue weighted by Gasteiger charge is 2.42. The number of aliphatic hydroxyl groups is 2. The molecule has 1 aliphatic heterocycles. The zero-order valence-electron chi connectivity index (χ0n) is 48.1. The van der Waals surface area contributed by atoms with Crippen molar-refractivity contribution >= 4 is 70.9 Å². The van der Waals surface area contributed by atoms with Crippen molar-refractivity contribution < 1.29 is 72.9 Å². The van der Waals surface area contributed by atoms with Crippen molar-refractivity contribution in [1.82, 2.24) is 47.4 Å². The Morgan fingerprint density at radius 3 is 1.58 bits per heavy atom. The highest BCUT2D eigenvalue weighted by atomic mass is 16.4. The quantitative estimate of drug-likeness (QED) is 0.0332. The van der Waals surface area contributed by atoms with Crippen LogP contribution in [0.5, 0.6) is 0 Å². The molecule has 458 valence electrons. The van der Waals surface area contributed by atoms with E-state index in [0.29, 0.717) is 11.1 Å². The van der Waals surface area contributed by atoms with Crippen LogP contribution < -0.4 is 59.7 Å². The minimum Gasteiger partial charge on any atom is -0.480 e. The van der Waals surface area contributed by atoms with Crippen molar-refractivity contribution in [2.24, 2.45) is 35.0 Å². The second kappa shape index (κ2) is 33.8. The van der Waals surface area contributed by atoms with Gasteiger partial charge in [-0.2, -0.15) is 0 Å². The minimum atomic E-state index is -1.77. The number of aliphatic hydroxyl groups excluding tert-OH is 2. The lowest BCUT2D eigenvalue weighted by Gasteiger charge is -2.32. The molecule has 0 aliphatic carbocycles. The number of carbonyl (C=O) groups is 12. The molecule has 27 nitrogen and oxygen atoms in total. The number of likely N-dealkylation sites (tertiary alicyclic amines) is 1. The summed E-state index contributed by atoms with van der Waals surface area (Å²) in [5.74, 6) is -12.7. The second-order valence-electron chi connectivity index (χ2n) is 21.6. The molecule has 0 bridgehead atoms. The number of carboxylic acid groups (broad SMARTS) is 1. The number of nitrogens with zero attached hydrogens (tertiary/aromatic N) is 1. The molecular formula is C56H84N12O15. The summed E-state index contributed by atoms with van der Waals surface area (Å²) in [6, 6.07) is 2.11. The van der Waals surface area contributed by atoms with E-state index >= 15 is 0 Å². The SMILES string of the molecule is CC[C@H](C)[C@H](NC(=O)[C@H](CCC(N)=O)NC(=O)[C@@H]1CCCN1C(=O)[C@H](Cc1ccccc1)NC(=O)[C@H](CC(N)=O)NC(=O)[C@H](Cc1ccccc1)NC(=O)[C@H](CO)NC(=O)[C@@H](N)C(C)C)C(=O)N[C@H](C(=O)N[C@@H](CC(C)C)C(=O)O)[C@@H](C)O. The lowest BCUT2D eigenvalue weighted by Crippen LogP contribution is -2.62. The van der Waals surface area contributed by atoms with E-state index in [1.807, 2.05) is 0 Å². The second-order valence-corrected chi connectivity index (χ2v) is 21.6. The Hall–Kier alpha value is -8.04. The van der Waals surface area contributed by atoms with E-state index < -0.39 is 163 Å². The topological polar surface area (TPSA) is 443 Å². The van der Waals surface area contributed by atoms with Gasteiger partial charge in [0.2, 0.25) is 65.0 Å². The fourth-order valence-electron chi connectivity index (χ4n) is 8.99. The largest absolute Gasteiger partial charge is 0.480 e. The monoisotopic (exact) mass is 1160 g/mol. The van der Waals surface area contributed by atoms with Crippen molar-refractivity contribution in [2.45, 2.75) is 173 Å². The molecule has 0 radical (unpaired) electrons. The summed E-state index contributed by atoms with van der Waals surface area (Å²) in [7, 11) is 0. The van der Waals surface area contributed by atoms with Crippen LogP contribution in [0.3, 0.4) is 0 Å². The number of hydrogen-bond donors (Lipinski definition) is 14. The number of nitrogens with one attached hydrogen (secondary N) is 8. The van der Waals surface area contributed by atoms with E-state index in [-0.39, 0.29) is 63.3 Å². The summed E-state index contributed by atoms with van der Waals surface area (Å²) >= 11 is 0. The normalized spacial score (nSPS) is 17.1. The first-order valence-corrected chi connectivity index (χ1v) is 27.7. The maximum Gasteiger partial charge on any atom is 0.326 e. The van der Waals surface area contributed by atoms with E-state index in [1.54, 1.807) is 102 Å². The number of carbonyl (C=O) groups excluding carboxylic acids is 11. The molecule has 0 saturated carbocycles. The maximum atomic E-state index is 14.8. The van der Waals surface area contributed by atoms with Gasteiger partial charge >= 0.3 is 5.97 Å². The Morgan fingerprint density at radius 1 is 0.590 bits per heavy atom. The Kier molecular flexibility index (Phi) is 28.2. The third-order valence-electron chi connectivity index (χ3n) is 14.0. The van der Waals surface area contributed by atoms with Gasteiger partial charge in [0.25, 0.3) is 0 Å². The van der Waals surface area contributed by atoms with Gasteiger partial charge in [0.05, 0.1) is 25.2 Å². The number of hydrogen-bond acceptors (Lipinski definition) is 15. The molecule has 11 amide bonds. The number of aliphatic carboxylic acids is 1. The van der Waals surface area contributed by atoms with Crippen molar-refractivity contribution in [1.29, 1.82) is 0 Å². The molecule has 0 aromatic heterocycles. The van der Waals surface area contributed by atoms with Gasteiger partial charge in [-0.3, -0.25) is 52.7 Å². The number of benzene rings is 2. The van der Waals surface area contributed by atoms with E-state index in [4.69, 9.17) is 17.2 Å². The minimum absolute atomic E-state index is 0.0315. The molecule has 12 atom stereocenters. The van der Waals surface area contributed by atoms with Gasteiger partial charge in [-0.1, -0.05) is 109 Å². The van der Waals surface area contributed by atoms with Crippen molar-refractivity contribution in [3.63, 3.8) is 0 Å². The Labute approximate surface area is 482 Å². The maximum absolute atomic E-state index is 14.8. The molecule has 0 spiro atoms. The number of carboxylic acids is 1. The van der Waals surface area contributed by atoms with Gasteiger partial charge < -0.3 is 80.0 Å². The fourth-order valence-corrected chi connectivity index (χ4v) is 8.99. The summed E-state index contributed by atoms with van der Waals surface area (Å²) in [5, 5.41) is 50.2. The van der Waals surface area contributed by atoms with E-state index in [1.165, 1.54) is 11.8 Å². The highest BCUT2D eigenvalue weighted by Crippen LogP contribution is 2.21. The van der Waals surface area contributed by atoms with Crippen molar-refractivity contribution in [3.8, 4) is 0 Å². The van der Waals surface area contributed by atoms with Gasteiger partial charge in [-0.15, -0.1) is 0 Å². The Balaban J connectivity index is 1.94. The molecule has 1 saturated heterocycles.